The lowest BCUT2D eigenvalue weighted by Crippen LogP contribution is -2.42. The smallest absolute Gasteiger partial charge is 0.338 e. The molecule has 9 nitrogen and oxygen atoms in total. The van der Waals surface area contributed by atoms with E-state index in [9.17, 15) is 18.0 Å². The maximum absolute atomic E-state index is 12.3. The first kappa shape index (κ1) is 18.3. The molecule has 1 N–H and O–H groups in total. The van der Waals surface area contributed by atoms with Crippen molar-refractivity contribution in [3.63, 3.8) is 0 Å². The van der Waals surface area contributed by atoms with Gasteiger partial charge in [0.15, 0.2) is 15.9 Å². The second kappa shape index (κ2) is 7.02. The number of aromatic nitrogens is 3. The zero-order valence-electron chi connectivity index (χ0n) is 14.5. The average Bonchev–Trinajstić information content (AvgIpc) is 3.16. The molecule has 1 saturated heterocycles. The maximum atomic E-state index is 12.3. The van der Waals surface area contributed by atoms with Crippen LogP contribution in [0.4, 0.5) is 0 Å². The number of nitrogens with zero attached hydrogens (tertiary/aromatic N) is 3. The summed E-state index contributed by atoms with van der Waals surface area (Å²) < 4.78 is 29.8. The lowest BCUT2D eigenvalue weighted by molar-refractivity contribution is -0.129. The van der Waals surface area contributed by atoms with Gasteiger partial charge >= 0.3 is 5.97 Å². The van der Waals surface area contributed by atoms with Crippen molar-refractivity contribution in [2.24, 2.45) is 0 Å². The molecule has 10 heteroatoms. The highest BCUT2D eigenvalue weighted by Gasteiger charge is 2.30. The lowest BCUT2D eigenvalue weighted by Gasteiger charge is -2.16. The van der Waals surface area contributed by atoms with Crippen LogP contribution in [0.2, 0.25) is 0 Å². The van der Waals surface area contributed by atoms with Crippen molar-refractivity contribution in [3.8, 4) is 0 Å². The van der Waals surface area contributed by atoms with Gasteiger partial charge < -0.3 is 10.1 Å². The van der Waals surface area contributed by atoms with Gasteiger partial charge in [-0.3, -0.25) is 4.79 Å². The summed E-state index contributed by atoms with van der Waals surface area (Å²) in [6.07, 6.45) is -0.661. The van der Waals surface area contributed by atoms with E-state index < -0.39 is 33.9 Å². The number of nitrogens with one attached hydrogen (secondary N) is 1. The third-order valence-electron chi connectivity index (χ3n) is 4.28. The monoisotopic (exact) mass is 380 g/mol. The van der Waals surface area contributed by atoms with Gasteiger partial charge in [0.05, 0.1) is 22.6 Å². The minimum atomic E-state index is -3.09. The second-order valence-electron chi connectivity index (χ2n) is 6.26. The summed E-state index contributed by atoms with van der Waals surface area (Å²) in [5.74, 6) is -1.19. The lowest BCUT2D eigenvalue weighted by atomic mass is 10.2. The molecule has 2 atom stereocenters. The van der Waals surface area contributed by atoms with Gasteiger partial charge in [0.2, 0.25) is 0 Å². The van der Waals surface area contributed by atoms with E-state index in [-0.39, 0.29) is 17.1 Å². The van der Waals surface area contributed by atoms with Crippen molar-refractivity contribution < 1.29 is 22.7 Å². The van der Waals surface area contributed by atoms with Crippen LogP contribution in [0.5, 0.6) is 0 Å². The molecule has 0 bridgehead atoms. The van der Waals surface area contributed by atoms with Crippen LogP contribution in [0.3, 0.4) is 0 Å². The minimum absolute atomic E-state index is 0.0601. The number of esters is 1. The number of carbonyl (C=O) groups excluding carboxylic acids is 2. The molecule has 0 spiro atoms. The Bertz CT molecular complexity index is 953. The number of ether oxygens (including phenoxy) is 1. The van der Waals surface area contributed by atoms with Crippen LogP contribution in [-0.2, 0) is 25.9 Å². The SMILES string of the molecule is CCn1nnc2cc(C(=O)O[C@@H](C)C(=O)N[C@H]3CCS(=O)(=O)C3)ccc21. The van der Waals surface area contributed by atoms with Crippen LogP contribution in [0, 0.1) is 0 Å². The summed E-state index contributed by atoms with van der Waals surface area (Å²) in [5.41, 5.74) is 1.63. The topological polar surface area (TPSA) is 120 Å². The molecule has 0 radical (unpaired) electrons. The molecule has 0 saturated carbocycles. The molecule has 1 aliphatic rings. The number of benzene rings is 1. The Hall–Kier alpha value is -2.49. The quantitative estimate of drug-likeness (QED) is 0.741. The summed E-state index contributed by atoms with van der Waals surface area (Å²) in [6, 6.07) is 4.44. The molecule has 0 unspecified atom stereocenters. The molecule has 2 aromatic rings. The van der Waals surface area contributed by atoms with Crippen LogP contribution < -0.4 is 5.32 Å². The summed E-state index contributed by atoms with van der Waals surface area (Å²) in [7, 11) is -3.09. The predicted molar refractivity (Wildman–Crippen MR) is 93.3 cm³/mol. The molecule has 3 rings (SSSR count). The van der Waals surface area contributed by atoms with E-state index in [1.54, 1.807) is 22.9 Å². The molecule has 1 fully saturated rings. The highest BCUT2D eigenvalue weighted by molar-refractivity contribution is 7.91. The summed E-state index contributed by atoms with van der Waals surface area (Å²) in [4.78, 5) is 24.4. The van der Waals surface area contributed by atoms with Crippen molar-refractivity contribution in [2.75, 3.05) is 11.5 Å². The molecule has 1 aliphatic heterocycles. The van der Waals surface area contributed by atoms with Gasteiger partial charge in [0.25, 0.3) is 5.91 Å². The first-order valence-electron chi connectivity index (χ1n) is 8.34. The molecule has 1 aromatic heterocycles. The maximum Gasteiger partial charge on any atom is 0.338 e. The van der Waals surface area contributed by atoms with E-state index in [1.807, 2.05) is 6.92 Å². The molecule has 0 aliphatic carbocycles. The predicted octanol–water partition coefficient (Wildman–Crippen LogP) is 0.300. The van der Waals surface area contributed by atoms with E-state index in [0.717, 1.165) is 5.52 Å². The zero-order valence-corrected chi connectivity index (χ0v) is 15.3. The largest absolute Gasteiger partial charge is 0.449 e. The van der Waals surface area contributed by atoms with Crippen LogP contribution in [0.15, 0.2) is 18.2 Å². The Morgan fingerprint density at radius 1 is 1.42 bits per heavy atom. The van der Waals surface area contributed by atoms with E-state index in [2.05, 4.69) is 15.6 Å². The van der Waals surface area contributed by atoms with E-state index in [1.165, 1.54) is 6.92 Å². The van der Waals surface area contributed by atoms with Crippen molar-refractivity contribution in [1.29, 1.82) is 0 Å². The molecule has 1 aromatic carbocycles. The van der Waals surface area contributed by atoms with Crippen LogP contribution >= 0.6 is 0 Å². The number of rotatable bonds is 5. The third-order valence-corrected chi connectivity index (χ3v) is 6.05. The first-order chi connectivity index (χ1) is 12.3. The van der Waals surface area contributed by atoms with Crippen molar-refractivity contribution in [2.45, 2.75) is 39.0 Å². The summed E-state index contributed by atoms with van der Waals surface area (Å²) in [5, 5.41) is 10.6. The van der Waals surface area contributed by atoms with Crippen LogP contribution in [-0.4, -0.2) is 58.9 Å². The zero-order chi connectivity index (χ0) is 18.9. The fourth-order valence-electron chi connectivity index (χ4n) is 2.84. The third kappa shape index (κ3) is 3.85. The molecular formula is C16H20N4O5S. The fourth-order valence-corrected chi connectivity index (χ4v) is 4.52. The summed E-state index contributed by atoms with van der Waals surface area (Å²) >= 11 is 0. The Balaban J connectivity index is 1.62. The minimum Gasteiger partial charge on any atom is -0.449 e. The molecule has 2 heterocycles. The number of hydrogen-bond acceptors (Lipinski definition) is 7. The van der Waals surface area contributed by atoms with Gasteiger partial charge in [0, 0.05) is 12.6 Å². The molecular weight excluding hydrogens is 360 g/mol. The standard InChI is InChI=1S/C16H20N4O5S/c1-3-20-14-5-4-11(8-13(14)18-19-20)16(22)25-10(2)15(21)17-12-6-7-26(23,24)9-12/h4-5,8,10,12H,3,6-7,9H2,1-2H3,(H,17,21)/t10-,12-/m0/s1. The highest BCUT2D eigenvalue weighted by Crippen LogP contribution is 2.15. The Labute approximate surface area is 150 Å². The van der Waals surface area contributed by atoms with Gasteiger partial charge in [-0.25, -0.2) is 17.9 Å². The first-order valence-corrected chi connectivity index (χ1v) is 10.2. The number of fused-ring (bicyclic) bond motifs is 1. The van der Waals surface area contributed by atoms with Crippen LogP contribution in [0.25, 0.3) is 11.0 Å². The number of amides is 1. The number of carbonyl (C=O) groups is 2. The van der Waals surface area contributed by atoms with Gasteiger partial charge in [-0.05, 0) is 38.5 Å². The number of sulfone groups is 1. The number of aryl methyl sites for hydroxylation is 1. The van der Waals surface area contributed by atoms with Crippen molar-refractivity contribution in [3.05, 3.63) is 23.8 Å². The van der Waals surface area contributed by atoms with Gasteiger partial charge in [-0.15, -0.1) is 5.10 Å². The number of hydrogen-bond donors (Lipinski definition) is 1. The van der Waals surface area contributed by atoms with Gasteiger partial charge in [0.1, 0.15) is 5.52 Å². The Kier molecular flexibility index (Phi) is 4.94. The van der Waals surface area contributed by atoms with E-state index >= 15 is 0 Å². The fraction of sp³-hybridized carbons (Fsp3) is 0.500. The van der Waals surface area contributed by atoms with Gasteiger partial charge in [-0.2, -0.15) is 0 Å². The molecule has 26 heavy (non-hydrogen) atoms. The Morgan fingerprint density at radius 2 is 2.19 bits per heavy atom. The summed E-state index contributed by atoms with van der Waals surface area (Å²) in [6.45, 7) is 4.04. The molecule has 1 amide bonds. The average molecular weight is 380 g/mol. The van der Waals surface area contributed by atoms with Crippen molar-refractivity contribution in [1.82, 2.24) is 20.3 Å². The molecule has 140 valence electrons. The van der Waals surface area contributed by atoms with Crippen LogP contribution in [0.1, 0.15) is 30.6 Å². The Morgan fingerprint density at radius 3 is 2.85 bits per heavy atom. The normalized spacial score (nSPS) is 20.0. The highest BCUT2D eigenvalue weighted by atomic mass is 32.2. The van der Waals surface area contributed by atoms with Crippen molar-refractivity contribution >= 4 is 32.7 Å². The van der Waals surface area contributed by atoms with E-state index in [0.29, 0.717) is 18.5 Å². The van der Waals surface area contributed by atoms with E-state index in [4.69, 9.17) is 4.74 Å². The second-order valence-corrected chi connectivity index (χ2v) is 8.49. The van der Waals surface area contributed by atoms with Gasteiger partial charge in [-0.1, -0.05) is 5.21 Å².